The number of H-pyrrole nitrogens is 1. The van der Waals surface area contributed by atoms with Gasteiger partial charge in [0, 0.05) is 13.1 Å². The molecule has 0 bridgehead atoms. The third kappa shape index (κ3) is 7.13. The molecule has 4 rings (SSSR count). The SMILES string of the molecule is Cc1cc2c(cc1C(F)(F)F)N(C(=O)OC(C)C)CCCC2N(Cc1cc(C(F)(F)F)cc(C(F)(F)F)c1)c1nn[nH]n1. The van der Waals surface area contributed by atoms with Crippen LogP contribution in [-0.4, -0.2) is 39.4 Å². The number of fused-ring (bicyclic) bond motifs is 1. The molecule has 0 spiro atoms. The lowest BCUT2D eigenvalue weighted by Crippen LogP contribution is -2.34. The molecule has 2 heterocycles. The maximum Gasteiger partial charge on any atom is 0.416 e. The van der Waals surface area contributed by atoms with E-state index in [2.05, 4.69) is 20.6 Å². The van der Waals surface area contributed by atoms with Crippen LogP contribution in [0.15, 0.2) is 30.3 Å². The Morgan fingerprint density at radius 3 is 2.14 bits per heavy atom. The van der Waals surface area contributed by atoms with Crippen molar-refractivity contribution < 1.29 is 49.0 Å². The van der Waals surface area contributed by atoms with Crippen LogP contribution in [0, 0.1) is 6.92 Å². The number of aromatic nitrogens is 4. The van der Waals surface area contributed by atoms with Gasteiger partial charge in [0.05, 0.1) is 34.5 Å². The fraction of sp³-hybridized carbons (Fsp3) is 0.462. The van der Waals surface area contributed by atoms with E-state index in [1.54, 1.807) is 13.8 Å². The van der Waals surface area contributed by atoms with Crippen molar-refractivity contribution >= 4 is 17.7 Å². The number of halogens is 9. The average molecular weight is 625 g/mol. The van der Waals surface area contributed by atoms with Crippen LogP contribution in [-0.2, 0) is 29.8 Å². The largest absolute Gasteiger partial charge is 0.446 e. The highest BCUT2D eigenvalue weighted by atomic mass is 19.4. The lowest BCUT2D eigenvalue weighted by molar-refractivity contribution is -0.143. The summed E-state index contributed by atoms with van der Waals surface area (Å²) in [7, 11) is 0. The molecule has 234 valence electrons. The number of nitrogens with one attached hydrogen (secondary N) is 1. The molecule has 1 amide bonds. The summed E-state index contributed by atoms with van der Waals surface area (Å²) in [5.41, 5.74) is -4.80. The number of amides is 1. The normalized spacial score (nSPS) is 16.2. The molecular formula is C26H25F9N6O2. The van der Waals surface area contributed by atoms with E-state index in [0.717, 1.165) is 11.0 Å². The second-order valence-electron chi connectivity index (χ2n) is 10.2. The number of anilines is 2. The van der Waals surface area contributed by atoms with E-state index >= 15 is 0 Å². The van der Waals surface area contributed by atoms with Crippen molar-refractivity contribution in [3.05, 3.63) is 63.7 Å². The molecule has 43 heavy (non-hydrogen) atoms. The first-order chi connectivity index (χ1) is 19.9. The van der Waals surface area contributed by atoms with E-state index in [1.807, 2.05) is 0 Å². The summed E-state index contributed by atoms with van der Waals surface area (Å²) in [4.78, 5) is 15.3. The van der Waals surface area contributed by atoms with Crippen LogP contribution in [0.1, 0.15) is 66.1 Å². The molecule has 1 unspecified atom stereocenters. The quantitative estimate of drug-likeness (QED) is 0.297. The van der Waals surface area contributed by atoms with Crippen molar-refractivity contribution in [2.75, 3.05) is 16.3 Å². The number of ether oxygens (including phenoxy) is 1. The lowest BCUT2D eigenvalue weighted by Gasteiger charge is -2.33. The van der Waals surface area contributed by atoms with Crippen LogP contribution >= 0.6 is 0 Å². The number of rotatable bonds is 5. The van der Waals surface area contributed by atoms with Crippen molar-refractivity contribution in [1.82, 2.24) is 20.6 Å². The maximum absolute atomic E-state index is 13.9. The van der Waals surface area contributed by atoms with E-state index < -0.39 is 65.6 Å². The predicted molar refractivity (Wildman–Crippen MR) is 134 cm³/mol. The van der Waals surface area contributed by atoms with Crippen molar-refractivity contribution in [1.29, 1.82) is 0 Å². The molecule has 1 N–H and O–H groups in total. The number of benzene rings is 2. The number of carbonyl (C=O) groups excluding carboxylic acids is 1. The molecule has 1 aliphatic heterocycles. The van der Waals surface area contributed by atoms with Gasteiger partial charge in [0.25, 0.3) is 5.95 Å². The summed E-state index contributed by atoms with van der Waals surface area (Å²) in [6.45, 7) is 3.60. The minimum Gasteiger partial charge on any atom is -0.446 e. The predicted octanol–water partition coefficient (Wildman–Crippen LogP) is 7.46. The van der Waals surface area contributed by atoms with Gasteiger partial charge in [-0.2, -0.15) is 44.7 Å². The van der Waals surface area contributed by atoms with Gasteiger partial charge in [-0.15, -0.1) is 5.10 Å². The Morgan fingerprint density at radius 1 is 1.00 bits per heavy atom. The molecule has 1 aromatic heterocycles. The summed E-state index contributed by atoms with van der Waals surface area (Å²) in [6.07, 6.45) is -16.3. The van der Waals surface area contributed by atoms with Crippen LogP contribution < -0.4 is 9.80 Å². The zero-order chi connectivity index (χ0) is 31.9. The Kier molecular flexibility index (Phi) is 8.57. The second-order valence-corrected chi connectivity index (χ2v) is 10.2. The molecule has 8 nitrogen and oxygen atoms in total. The molecule has 0 saturated heterocycles. The van der Waals surface area contributed by atoms with E-state index in [9.17, 15) is 44.3 Å². The number of aromatic amines is 1. The van der Waals surface area contributed by atoms with Crippen LogP contribution in [0.3, 0.4) is 0 Å². The van der Waals surface area contributed by atoms with Gasteiger partial charge in [-0.25, -0.2) is 4.79 Å². The highest BCUT2D eigenvalue weighted by Crippen LogP contribution is 2.44. The monoisotopic (exact) mass is 624 g/mol. The molecule has 17 heteroatoms. The maximum atomic E-state index is 13.9. The molecule has 1 aliphatic rings. The lowest BCUT2D eigenvalue weighted by atomic mass is 9.94. The Labute approximate surface area is 238 Å². The standard InChI is InChI=1S/C26H25F9N6O2/c1-13(2)43-23(42)40-6-4-5-20(18-7-14(3)19(11-21(18)40)26(33,34)35)41(22-36-38-39-37-22)12-15-8-16(24(27,28)29)10-17(9-15)25(30,31)32/h7-11,13,20H,4-6,12H2,1-3H3,(H,36,37,38,39). The van der Waals surface area contributed by atoms with E-state index in [-0.39, 0.29) is 48.2 Å². The molecule has 0 fully saturated rings. The minimum absolute atomic E-state index is 0.0105. The Hall–Kier alpha value is -4.05. The number of hydrogen-bond acceptors (Lipinski definition) is 6. The molecule has 2 aromatic carbocycles. The summed E-state index contributed by atoms with van der Waals surface area (Å²) in [6, 6.07) is 2.04. The summed E-state index contributed by atoms with van der Waals surface area (Å²) >= 11 is 0. The number of hydrogen-bond donors (Lipinski definition) is 1. The van der Waals surface area contributed by atoms with Crippen molar-refractivity contribution in [3.8, 4) is 0 Å². The van der Waals surface area contributed by atoms with Crippen molar-refractivity contribution in [2.24, 2.45) is 0 Å². The van der Waals surface area contributed by atoms with Crippen LogP contribution in [0.2, 0.25) is 0 Å². The summed E-state index contributed by atoms with van der Waals surface area (Å²) in [5.74, 6) is -0.238. The Bertz CT molecular complexity index is 1420. The van der Waals surface area contributed by atoms with Crippen LogP contribution in [0.25, 0.3) is 0 Å². The third-order valence-electron chi connectivity index (χ3n) is 6.71. The van der Waals surface area contributed by atoms with Gasteiger partial charge >= 0.3 is 24.6 Å². The van der Waals surface area contributed by atoms with Gasteiger partial charge in [-0.1, -0.05) is 11.2 Å². The number of tetrazole rings is 1. The highest BCUT2D eigenvalue weighted by Gasteiger charge is 2.40. The van der Waals surface area contributed by atoms with Gasteiger partial charge in [-0.3, -0.25) is 4.90 Å². The molecule has 3 aromatic rings. The van der Waals surface area contributed by atoms with Gasteiger partial charge in [-0.05, 0) is 79.8 Å². The van der Waals surface area contributed by atoms with E-state index in [4.69, 9.17) is 4.74 Å². The van der Waals surface area contributed by atoms with Crippen LogP contribution in [0.5, 0.6) is 0 Å². The van der Waals surface area contributed by atoms with E-state index in [1.165, 1.54) is 17.9 Å². The summed E-state index contributed by atoms with van der Waals surface area (Å²) in [5, 5.41) is 13.3. The van der Waals surface area contributed by atoms with Crippen LogP contribution in [0.4, 0.5) is 55.9 Å². The van der Waals surface area contributed by atoms with Gasteiger partial charge < -0.3 is 9.64 Å². The fourth-order valence-corrected chi connectivity index (χ4v) is 4.93. The highest BCUT2D eigenvalue weighted by molar-refractivity contribution is 5.89. The molecule has 0 aliphatic carbocycles. The average Bonchev–Trinajstić information content (AvgIpc) is 3.34. The van der Waals surface area contributed by atoms with Crippen molar-refractivity contribution in [2.45, 2.75) is 70.8 Å². The fourth-order valence-electron chi connectivity index (χ4n) is 4.93. The first-order valence-corrected chi connectivity index (χ1v) is 12.8. The summed E-state index contributed by atoms with van der Waals surface area (Å²) < 4.78 is 129. The van der Waals surface area contributed by atoms with Gasteiger partial charge in [0.2, 0.25) is 0 Å². The van der Waals surface area contributed by atoms with Gasteiger partial charge in [0.15, 0.2) is 0 Å². The number of carbonyl (C=O) groups is 1. The van der Waals surface area contributed by atoms with Crippen molar-refractivity contribution in [3.63, 3.8) is 0 Å². The Balaban J connectivity index is 1.90. The topological polar surface area (TPSA) is 87.2 Å². The third-order valence-corrected chi connectivity index (χ3v) is 6.71. The number of alkyl halides is 9. The first-order valence-electron chi connectivity index (χ1n) is 12.8. The zero-order valence-electron chi connectivity index (χ0n) is 22.8. The molecule has 1 atom stereocenters. The Morgan fingerprint density at radius 2 is 1.63 bits per heavy atom. The molecular weight excluding hydrogens is 599 g/mol. The smallest absolute Gasteiger partial charge is 0.416 e. The second kappa shape index (κ2) is 11.6. The number of aryl methyl sites for hydroxylation is 1. The molecule has 0 saturated carbocycles. The first kappa shape index (κ1) is 31.9. The van der Waals surface area contributed by atoms with E-state index in [0.29, 0.717) is 12.1 Å². The zero-order valence-corrected chi connectivity index (χ0v) is 22.8. The number of nitrogens with zero attached hydrogens (tertiary/aromatic N) is 5. The van der Waals surface area contributed by atoms with Gasteiger partial charge in [0.1, 0.15) is 0 Å². The minimum atomic E-state index is -5.11. The molecule has 0 radical (unpaired) electrons.